The molecule has 1 aliphatic heterocycles. The van der Waals surface area contributed by atoms with Crippen molar-refractivity contribution in [3.8, 4) is 22.8 Å². The summed E-state index contributed by atoms with van der Waals surface area (Å²) in [4.78, 5) is 32.1. The standard InChI is InChI=1S/C27H29F2N5O6S/c1-3-38-26(35)7-8-30-27(36)34-41(2,37)16-17-11-24-32-23-14-20(21(29)15-31-23)19-6-5-18(28)13-22(19)39-9-4-10-40-25(12-17)33-24/h5-6,11-15H,3-4,7-10,16H2,1-2H3,(H,30,36)(H,31,32,33). The summed E-state index contributed by atoms with van der Waals surface area (Å²) in [6, 6.07) is 7.63. The molecule has 2 N–H and O–H groups in total. The monoisotopic (exact) mass is 589 g/mol. The molecule has 3 aromatic rings. The molecule has 1 unspecified atom stereocenters. The lowest BCUT2D eigenvalue weighted by molar-refractivity contribution is -0.142. The van der Waals surface area contributed by atoms with Gasteiger partial charge in [-0.15, -0.1) is 4.36 Å². The van der Waals surface area contributed by atoms with E-state index in [1.807, 2.05) is 0 Å². The van der Waals surface area contributed by atoms with E-state index in [4.69, 9.17) is 14.2 Å². The number of carbonyl (C=O) groups excluding carboxylic acids is 2. The second-order valence-electron chi connectivity index (χ2n) is 9.05. The summed E-state index contributed by atoms with van der Waals surface area (Å²) in [6.45, 7) is 2.25. The van der Waals surface area contributed by atoms with Gasteiger partial charge >= 0.3 is 12.0 Å². The van der Waals surface area contributed by atoms with Crippen molar-refractivity contribution in [2.24, 2.45) is 4.36 Å². The first kappa shape index (κ1) is 29.6. The van der Waals surface area contributed by atoms with E-state index in [2.05, 4.69) is 25.0 Å². The molecule has 0 fully saturated rings. The Morgan fingerprint density at radius 1 is 1.12 bits per heavy atom. The van der Waals surface area contributed by atoms with Gasteiger partial charge in [-0.2, -0.15) is 4.98 Å². The molecule has 0 saturated heterocycles. The fraction of sp³-hybridized carbons (Fsp3) is 0.333. The number of halogens is 2. The summed E-state index contributed by atoms with van der Waals surface area (Å²) in [5.41, 5.74) is 0.994. The van der Waals surface area contributed by atoms with Gasteiger partial charge in [0.15, 0.2) is 0 Å². The van der Waals surface area contributed by atoms with Gasteiger partial charge in [0.25, 0.3) is 0 Å². The molecule has 2 amide bonds. The molecular weight excluding hydrogens is 560 g/mol. The number of nitrogens with zero attached hydrogens (tertiary/aromatic N) is 3. The third-order valence-electron chi connectivity index (χ3n) is 5.62. The predicted octanol–water partition coefficient (Wildman–Crippen LogP) is 4.59. The second kappa shape index (κ2) is 13.4. The summed E-state index contributed by atoms with van der Waals surface area (Å²) < 4.78 is 62.0. The lowest BCUT2D eigenvalue weighted by Gasteiger charge is -2.16. The molecule has 4 rings (SSSR count). The third kappa shape index (κ3) is 8.58. The first-order valence-corrected chi connectivity index (χ1v) is 14.8. The number of aromatic nitrogens is 2. The highest BCUT2D eigenvalue weighted by atomic mass is 32.2. The van der Waals surface area contributed by atoms with Crippen molar-refractivity contribution in [2.75, 3.05) is 37.9 Å². The number of urea groups is 1. The normalized spacial score (nSPS) is 14.0. The van der Waals surface area contributed by atoms with Gasteiger partial charge in [-0.25, -0.2) is 22.8 Å². The van der Waals surface area contributed by atoms with Crippen molar-refractivity contribution in [3.63, 3.8) is 0 Å². The molecule has 1 aliphatic rings. The number of hydrogen-bond donors (Lipinski definition) is 2. The van der Waals surface area contributed by atoms with E-state index in [-0.39, 0.29) is 67.4 Å². The van der Waals surface area contributed by atoms with Crippen LogP contribution >= 0.6 is 0 Å². The summed E-state index contributed by atoms with van der Waals surface area (Å²) in [5, 5.41) is 5.42. The maximum Gasteiger partial charge on any atom is 0.349 e. The Morgan fingerprint density at radius 2 is 1.93 bits per heavy atom. The molecule has 218 valence electrons. The average Bonchev–Trinajstić information content (AvgIpc) is 2.89. The minimum Gasteiger partial charge on any atom is -0.493 e. The van der Waals surface area contributed by atoms with Crippen molar-refractivity contribution in [3.05, 3.63) is 59.8 Å². The van der Waals surface area contributed by atoms with Gasteiger partial charge in [-0.3, -0.25) is 4.79 Å². The summed E-state index contributed by atoms with van der Waals surface area (Å²) >= 11 is 0. The molecule has 0 saturated carbocycles. The number of nitrogens with one attached hydrogen (secondary N) is 2. The Bertz CT molecular complexity index is 1560. The van der Waals surface area contributed by atoms with Crippen LogP contribution < -0.4 is 20.1 Å². The number of hydrogen-bond acceptors (Lipinski definition) is 9. The van der Waals surface area contributed by atoms with Crippen molar-refractivity contribution >= 4 is 33.4 Å². The van der Waals surface area contributed by atoms with Crippen LogP contribution in [-0.4, -0.2) is 58.8 Å². The van der Waals surface area contributed by atoms with Gasteiger partial charge in [0, 0.05) is 42.5 Å². The van der Waals surface area contributed by atoms with Crippen LogP contribution in [0.4, 0.5) is 25.2 Å². The molecule has 1 aromatic carbocycles. The largest absolute Gasteiger partial charge is 0.493 e. The number of pyridine rings is 2. The van der Waals surface area contributed by atoms with Gasteiger partial charge in [-0.05, 0) is 36.8 Å². The SMILES string of the molecule is CCOC(=O)CCNC(=O)N=S(C)(=O)Cc1cc2nc(c1)OCCCOc1cc(F)ccc1-c1cc(ncc1F)N2. The molecule has 1 atom stereocenters. The topological polar surface area (TPSA) is 141 Å². The molecular formula is C27H29F2N5O6S. The van der Waals surface area contributed by atoms with Gasteiger partial charge in [0.05, 0.1) is 47.9 Å². The Hall–Kier alpha value is -4.33. The van der Waals surface area contributed by atoms with Crippen LogP contribution in [0.2, 0.25) is 0 Å². The second-order valence-corrected chi connectivity index (χ2v) is 11.4. The highest BCUT2D eigenvalue weighted by molar-refractivity contribution is 7.92. The van der Waals surface area contributed by atoms with Crippen LogP contribution in [0.1, 0.15) is 25.3 Å². The Morgan fingerprint density at radius 3 is 2.73 bits per heavy atom. The van der Waals surface area contributed by atoms with Crippen LogP contribution in [0.5, 0.6) is 11.6 Å². The van der Waals surface area contributed by atoms with E-state index < -0.39 is 33.4 Å². The lowest BCUT2D eigenvalue weighted by atomic mass is 10.0. The molecule has 14 heteroatoms. The van der Waals surface area contributed by atoms with Gasteiger partial charge in [0.2, 0.25) is 5.88 Å². The first-order valence-electron chi connectivity index (χ1n) is 12.7. The molecule has 11 nitrogen and oxygen atoms in total. The number of amides is 2. The van der Waals surface area contributed by atoms with Crippen molar-refractivity contribution in [1.82, 2.24) is 15.3 Å². The van der Waals surface area contributed by atoms with Gasteiger partial charge in [0.1, 0.15) is 29.0 Å². The number of ether oxygens (including phenoxy) is 3. The Kier molecular flexibility index (Phi) is 9.65. The quantitative estimate of drug-likeness (QED) is 0.395. The maximum absolute atomic E-state index is 14.8. The Balaban J connectivity index is 1.59. The number of rotatable bonds is 6. The predicted molar refractivity (Wildman–Crippen MR) is 148 cm³/mol. The van der Waals surface area contributed by atoms with Crippen molar-refractivity contribution in [2.45, 2.75) is 25.5 Å². The van der Waals surface area contributed by atoms with Crippen LogP contribution in [0.3, 0.4) is 0 Å². The lowest BCUT2D eigenvalue weighted by Crippen LogP contribution is -2.25. The maximum atomic E-state index is 14.8. The summed E-state index contributed by atoms with van der Waals surface area (Å²) in [6.07, 6.45) is 2.73. The molecule has 2 aromatic heterocycles. The van der Waals surface area contributed by atoms with Crippen molar-refractivity contribution in [1.29, 1.82) is 0 Å². The highest BCUT2D eigenvalue weighted by Gasteiger charge is 2.17. The fourth-order valence-corrected chi connectivity index (χ4v) is 5.20. The molecule has 0 aliphatic carbocycles. The molecule has 0 spiro atoms. The zero-order valence-corrected chi connectivity index (χ0v) is 23.3. The number of fused-ring (bicyclic) bond motifs is 6. The smallest absolute Gasteiger partial charge is 0.349 e. The number of esters is 1. The van der Waals surface area contributed by atoms with E-state index in [1.165, 1.54) is 30.5 Å². The molecule has 4 bridgehead atoms. The zero-order valence-electron chi connectivity index (χ0n) is 22.4. The first-order chi connectivity index (χ1) is 19.6. The molecule has 41 heavy (non-hydrogen) atoms. The van der Waals surface area contributed by atoms with E-state index in [9.17, 15) is 22.6 Å². The Labute approximate surface area is 235 Å². The average molecular weight is 590 g/mol. The molecule has 3 heterocycles. The van der Waals surface area contributed by atoms with E-state index >= 15 is 0 Å². The fourth-order valence-electron chi connectivity index (χ4n) is 3.93. The number of benzene rings is 1. The number of carbonyl (C=O) groups is 2. The van der Waals surface area contributed by atoms with Crippen LogP contribution in [0.25, 0.3) is 11.1 Å². The van der Waals surface area contributed by atoms with E-state index in [1.54, 1.807) is 19.1 Å². The zero-order chi connectivity index (χ0) is 29.4. The third-order valence-corrected chi connectivity index (χ3v) is 7.05. The molecule has 0 radical (unpaired) electrons. The summed E-state index contributed by atoms with van der Waals surface area (Å²) in [5.74, 6) is -0.847. The van der Waals surface area contributed by atoms with Gasteiger partial charge < -0.3 is 24.8 Å². The highest BCUT2D eigenvalue weighted by Crippen LogP contribution is 2.34. The summed E-state index contributed by atoms with van der Waals surface area (Å²) in [7, 11) is -3.05. The van der Waals surface area contributed by atoms with Crippen LogP contribution in [-0.2, 0) is 25.0 Å². The van der Waals surface area contributed by atoms with Crippen LogP contribution in [0.15, 0.2) is 47.0 Å². The minimum atomic E-state index is -3.05. The van der Waals surface area contributed by atoms with Crippen molar-refractivity contribution < 1.29 is 36.8 Å². The van der Waals surface area contributed by atoms with E-state index in [0.717, 1.165) is 6.20 Å². The van der Waals surface area contributed by atoms with Crippen LogP contribution in [0, 0.1) is 11.6 Å². The minimum absolute atomic E-state index is 0.00616. The number of anilines is 2. The van der Waals surface area contributed by atoms with E-state index in [0.29, 0.717) is 17.5 Å². The van der Waals surface area contributed by atoms with Gasteiger partial charge in [-0.1, -0.05) is 0 Å².